The van der Waals surface area contributed by atoms with E-state index in [0.29, 0.717) is 13.2 Å². The van der Waals surface area contributed by atoms with Gasteiger partial charge in [-0.2, -0.15) is 0 Å². The van der Waals surface area contributed by atoms with Crippen LogP contribution in [-0.4, -0.2) is 80.6 Å². The molecular formula is C31H48N2O5S. The van der Waals surface area contributed by atoms with Gasteiger partial charge in [-0.25, -0.2) is 0 Å². The van der Waals surface area contributed by atoms with Crippen molar-refractivity contribution in [2.24, 2.45) is 23.7 Å². The van der Waals surface area contributed by atoms with Gasteiger partial charge in [-0.15, -0.1) is 24.9 Å². The molecule has 7 atom stereocenters. The van der Waals surface area contributed by atoms with Gasteiger partial charge in [0.25, 0.3) is 0 Å². The van der Waals surface area contributed by atoms with Crippen molar-refractivity contribution >= 4 is 29.5 Å². The first-order chi connectivity index (χ1) is 18.7. The number of fused-ring (bicyclic) bond motifs is 1. The minimum Gasteiger partial charge on any atom is -0.465 e. The van der Waals surface area contributed by atoms with Crippen LogP contribution >= 0.6 is 11.8 Å². The van der Waals surface area contributed by atoms with Crippen LogP contribution in [0.15, 0.2) is 25.3 Å². The summed E-state index contributed by atoms with van der Waals surface area (Å²) in [5, 5.41) is 10.4. The number of aliphatic hydroxyl groups is 1. The number of rotatable bonds is 13. The molecule has 7 nitrogen and oxygen atoms in total. The monoisotopic (exact) mass is 560 g/mol. The van der Waals surface area contributed by atoms with Gasteiger partial charge in [-0.3, -0.25) is 14.4 Å². The van der Waals surface area contributed by atoms with Crippen molar-refractivity contribution < 1.29 is 24.2 Å². The molecular weight excluding hydrogens is 512 g/mol. The largest absolute Gasteiger partial charge is 0.465 e. The zero-order valence-corrected chi connectivity index (χ0v) is 24.9. The van der Waals surface area contributed by atoms with E-state index in [2.05, 4.69) is 20.1 Å². The maximum atomic E-state index is 14.7. The summed E-state index contributed by atoms with van der Waals surface area (Å²) in [5.41, 5.74) is 0. The van der Waals surface area contributed by atoms with E-state index in [4.69, 9.17) is 4.74 Å². The molecule has 0 aromatic heterocycles. The summed E-state index contributed by atoms with van der Waals surface area (Å²) in [4.78, 5) is 46.3. The lowest BCUT2D eigenvalue weighted by Gasteiger charge is -2.44. The molecule has 1 aliphatic carbocycles. The second kappa shape index (κ2) is 12.8. The Hall–Kier alpha value is -1.80. The number of carbonyl (C=O) groups is 3. The van der Waals surface area contributed by atoms with Crippen molar-refractivity contribution in [2.45, 2.75) is 107 Å². The lowest BCUT2D eigenvalue weighted by molar-refractivity contribution is -0.155. The number of unbranched alkanes of at least 4 members (excludes halogenated alkanes) is 2. The number of esters is 1. The number of aliphatic hydroxyl groups excluding tert-OH is 1. The van der Waals surface area contributed by atoms with Gasteiger partial charge < -0.3 is 19.6 Å². The number of thioether (sulfide) groups is 1. The van der Waals surface area contributed by atoms with Crippen LogP contribution < -0.4 is 0 Å². The summed E-state index contributed by atoms with van der Waals surface area (Å²) in [7, 11) is 0. The minimum atomic E-state index is -0.716. The highest BCUT2D eigenvalue weighted by atomic mass is 32.2. The molecule has 218 valence electrons. The molecule has 3 saturated heterocycles. The number of nitrogens with zero attached hydrogens (tertiary/aromatic N) is 2. The van der Waals surface area contributed by atoms with Gasteiger partial charge in [0.1, 0.15) is 6.04 Å². The number of hydrogen-bond donors (Lipinski definition) is 1. The molecule has 4 aliphatic rings. The first-order valence-corrected chi connectivity index (χ1v) is 15.9. The Morgan fingerprint density at radius 3 is 2.54 bits per heavy atom. The maximum absolute atomic E-state index is 14.7. The van der Waals surface area contributed by atoms with Crippen LogP contribution in [0.1, 0.15) is 78.6 Å². The predicted octanol–water partition coefficient (Wildman–Crippen LogP) is 4.59. The Bertz CT molecular complexity index is 934. The maximum Gasteiger partial charge on any atom is 0.310 e. The fraction of sp³-hybridized carbons (Fsp3) is 0.774. The molecule has 4 fully saturated rings. The molecule has 2 amide bonds. The lowest BCUT2D eigenvalue weighted by atomic mass is 9.66. The molecule has 0 radical (unpaired) electrons. The van der Waals surface area contributed by atoms with Gasteiger partial charge in [-0.1, -0.05) is 52.2 Å². The Morgan fingerprint density at radius 2 is 1.92 bits per heavy atom. The van der Waals surface area contributed by atoms with Crippen LogP contribution in [0.5, 0.6) is 0 Å². The first kappa shape index (κ1) is 30.2. The van der Waals surface area contributed by atoms with Crippen LogP contribution in [0.3, 0.4) is 0 Å². The summed E-state index contributed by atoms with van der Waals surface area (Å²) in [5.74, 6) is -1.66. The van der Waals surface area contributed by atoms with E-state index in [1.807, 2.05) is 24.8 Å². The SMILES string of the molecule is C=CCCCCOC(=O)[C@@H]1[C@@H]2CC(C)C3(S2)C(C(=O)N(CC=C)C2CCCCC2)N([C@@H](CO)C(C)C)C(=O)[C@H]13. The molecule has 8 heteroatoms. The summed E-state index contributed by atoms with van der Waals surface area (Å²) < 4.78 is 5.04. The van der Waals surface area contributed by atoms with Crippen LogP contribution in [-0.2, 0) is 19.1 Å². The smallest absolute Gasteiger partial charge is 0.310 e. The molecule has 2 bridgehead atoms. The average molecular weight is 561 g/mol. The van der Waals surface area contributed by atoms with E-state index in [1.165, 1.54) is 6.42 Å². The third-order valence-electron chi connectivity index (χ3n) is 9.67. The molecule has 1 spiro atoms. The average Bonchev–Trinajstić information content (AvgIpc) is 3.51. The Labute approximate surface area is 238 Å². The molecule has 4 rings (SSSR count). The van der Waals surface area contributed by atoms with Crippen LogP contribution in [0, 0.1) is 23.7 Å². The van der Waals surface area contributed by atoms with Crippen molar-refractivity contribution in [1.82, 2.24) is 9.80 Å². The van der Waals surface area contributed by atoms with Crippen molar-refractivity contribution in [1.29, 1.82) is 0 Å². The molecule has 0 aromatic rings. The van der Waals surface area contributed by atoms with Crippen molar-refractivity contribution in [2.75, 3.05) is 19.8 Å². The Morgan fingerprint density at radius 1 is 1.21 bits per heavy atom. The van der Waals surface area contributed by atoms with E-state index >= 15 is 0 Å². The van der Waals surface area contributed by atoms with Crippen LogP contribution in [0.4, 0.5) is 0 Å². The highest BCUT2D eigenvalue weighted by Gasteiger charge is 2.77. The third kappa shape index (κ3) is 5.32. The molecule has 3 heterocycles. The number of carbonyl (C=O) groups excluding carboxylic acids is 3. The fourth-order valence-electron chi connectivity index (χ4n) is 7.75. The summed E-state index contributed by atoms with van der Waals surface area (Å²) >= 11 is 1.68. The summed E-state index contributed by atoms with van der Waals surface area (Å²) in [6, 6.07) is -1.09. The zero-order valence-electron chi connectivity index (χ0n) is 24.1. The zero-order chi connectivity index (χ0) is 28.3. The quantitative estimate of drug-likeness (QED) is 0.202. The van der Waals surface area contributed by atoms with E-state index in [9.17, 15) is 19.5 Å². The van der Waals surface area contributed by atoms with Crippen LogP contribution in [0.2, 0.25) is 0 Å². The molecule has 0 aromatic carbocycles. The van der Waals surface area contributed by atoms with Gasteiger partial charge in [0, 0.05) is 17.8 Å². The van der Waals surface area contributed by atoms with Gasteiger partial charge in [0.05, 0.1) is 35.8 Å². The number of amides is 2. The summed E-state index contributed by atoms with van der Waals surface area (Å²) in [6.07, 6.45) is 12.2. The van der Waals surface area contributed by atoms with Gasteiger partial charge in [0.2, 0.25) is 11.8 Å². The lowest BCUT2D eigenvalue weighted by Crippen LogP contribution is -2.61. The topological polar surface area (TPSA) is 87.2 Å². The fourth-order valence-corrected chi connectivity index (χ4v) is 10.1. The van der Waals surface area contributed by atoms with Gasteiger partial charge in [-0.05, 0) is 50.4 Å². The first-order valence-electron chi connectivity index (χ1n) is 15.0. The van der Waals surface area contributed by atoms with E-state index < -0.39 is 28.7 Å². The van der Waals surface area contributed by atoms with E-state index in [-0.39, 0.29) is 47.5 Å². The second-order valence-corrected chi connectivity index (χ2v) is 13.9. The number of likely N-dealkylation sites (tertiary alicyclic amines) is 1. The van der Waals surface area contributed by atoms with Crippen molar-refractivity contribution in [3.8, 4) is 0 Å². The number of hydrogen-bond acceptors (Lipinski definition) is 6. The second-order valence-electron chi connectivity index (χ2n) is 12.3. The molecule has 1 N–H and O–H groups in total. The third-order valence-corrected chi connectivity index (χ3v) is 11.8. The van der Waals surface area contributed by atoms with E-state index in [0.717, 1.165) is 51.4 Å². The highest BCUT2D eigenvalue weighted by Crippen LogP contribution is 2.69. The highest BCUT2D eigenvalue weighted by molar-refractivity contribution is 8.02. The minimum absolute atomic E-state index is 0.0405. The molecule has 1 saturated carbocycles. The predicted molar refractivity (Wildman–Crippen MR) is 155 cm³/mol. The van der Waals surface area contributed by atoms with Crippen molar-refractivity contribution in [3.63, 3.8) is 0 Å². The standard InChI is InChI=1S/C31H48N2O5S/c1-6-8-9-13-17-38-30(37)25-24-18-21(5)31(39-24)26(25)28(35)33(23(19-34)20(3)4)27(31)29(36)32(16-7-2)22-14-11-10-12-15-22/h6-7,20-27,34H,1-2,8-19H2,3-5H3/t21?,23-,24-,25+,26-,27?,31?/m0/s1. The molecule has 3 unspecified atom stereocenters. The van der Waals surface area contributed by atoms with Gasteiger partial charge in [0.15, 0.2) is 0 Å². The molecule has 3 aliphatic heterocycles. The number of allylic oxidation sites excluding steroid dienone is 1. The van der Waals surface area contributed by atoms with E-state index in [1.54, 1.807) is 22.7 Å². The van der Waals surface area contributed by atoms with Gasteiger partial charge >= 0.3 is 5.97 Å². The Balaban J connectivity index is 1.71. The Kier molecular flexibility index (Phi) is 9.90. The van der Waals surface area contributed by atoms with Crippen LogP contribution in [0.25, 0.3) is 0 Å². The molecule has 39 heavy (non-hydrogen) atoms. The normalized spacial score (nSPS) is 32.8. The number of ether oxygens (including phenoxy) is 1. The summed E-state index contributed by atoms with van der Waals surface area (Å²) in [6.45, 7) is 14.3. The van der Waals surface area contributed by atoms with Crippen molar-refractivity contribution in [3.05, 3.63) is 25.3 Å².